The van der Waals surface area contributed by atoms with Gasteiger partial charge in [0.2, 0.25) is 5.91 Å². The lowest BCUT2D eigenvalue weighted by Crippen LogP contribution is -2.23. The fourth-order valence-corrected chi connectivity index (χ4v) is 4.46. The first-order chi connectivity index (χ1) is 12.9. The normalized spacial score (nSPS) is 13.0. The number of nitrogens with one attached hydrogen (secondary N) is 1. The van der Waals surface area contributed by atoms with Gasteiger partial charge in [-0.25, -0.2) is 4.98 Å². The van der Waals surface area contributed by atoms with E-state index in [-0.39, 0.29) is 23.5 Å². The highest BCUT2D eigenvalue weighted by molar-refractivity contribution is 8.02. The molecule has 0 saturated heterocycles. The number of aromatic nitrogens is 1. The molecule has 1 aromatic heterocycles. The van der Waals surface area contributed by atoms with E-state index in [0.717, 1.165) is 22.0 Å². The van der Waals surface area contributed by atoms with Crippen molar-refractivity contribution >= 4 is 40.7 Å². The minimum Gasteiger partial charge on any atom is -0.466 e. The maximum Gasteiger partial charge on any atom is 0.311 e. The van der Waals surface area contributed by atoms with E-state index in [1.54, 1.807) is 6.92 Å². The quantitative estimate of drug-likeness (QED) is 0.475. The summed E-state index contributed by atoms with van der Waals surface area (Å²) in [7, 11) is 0. The molecule has 0 bridgehead atoms. The Bertz CT molecular complexity index is 776. The number of anilines is 1. The summed E-state index contributed by atoms with van der Waals surface area (Å²) >= 11 is 2.83. The Hall–Kier alpha value is -1.86. The minimum atomic E-state index is -0.295. The summed E-state index contributed by atoms with van der Waals surface area (Å²) in [6.07, 6.45) is 1.17. The molecule has 2 aromatic rings. The Morgan fingerprint density at radius 2 is 2.00 bits per heavy atom. The van der Waals surface area contributed by atoms with E-state index in [0.29, 0.717) is 18.2 Å². The Balaban J connectivity index is 1.97. The smallest absolute Gasteiger partial charge is 0.311 e. The number of thiazole rings is 1. The molecule has 0 spiro atoms. The summed E-state index contributed by atoms with van der Waals surface area (Å²) in [6, 6.07) is 7.93. The van der Waals surface area contributed by atoms with Gasteiger partial charge in [-0.15, -0.1) is 11.3 Å². The molecule has 5 nitrogen and oxygen atoms in total. The first-order valence-corrected chi connectivity index (χ1v) is 10.9. The molecule has 0 saturated carbocycles. The lowest BCUT2D eigenvalue weighted by molar-refractivity contribution is -0.142. The van der Waals surface area contributed by atoms with Crippen molar-refractivity contribution in [2.24, 2.45) is 0 Å². The van der Waals surface area contributed by atoms with Crippen LogP contribution in [-0.2, 0) is 20.7 Å². The monoisotopic (exact) mass is 406 g/mol. The summed E-state index contributed by atoms with van der Waals surface area (Å²) in [5.41, 5.74) is 2.69. The molecule has 1 N–H and O–H groups in total. The van der Waals surface area contributed by atoms with Crippen molar-refractivity contribution in [2.45, 2.75) is 56.0 Å². The molecule has 1 aromatic carbocycles. The molecule has 0 aliphatic rings. The molecular formula is C20H26N2O3S2. The number of thioether (sulfide) groups is 1. The number of hydrogen-bond donors (Lipinski definition) is 1. The number of para-hydroxylation sites is 1. The molecule has 0 radical (unpaired) electrons. The molecule has 7 heteroatoms. The lowest BCUT2D eigenvalue weighted by atomic mass is 9.97. The Kier molecular flexibility index (Phi) is 8.31. The maximum absolute atomic E-state index is 12.6. The van der Waals surface area contributed by atoms with Crippen LogP contribution in [0.1, 0.15) is 51.3 Å². The molecule has 2 atom stereocenters. The highest BCUT2D eigenvalue weighted by Crippen LogP contribution is 2.30. The van der Waals surface area contributed by atoms with E-state index in [4.69, 9.17) is 4.74 Å². The molecule has 0 aliphatic carbocycles. The number of rotatable bonds is 9. The Labute approximate surface area is 168 Å². The van der Waals surface area contributed by atoms with Gasteiger partial charge in [0.25, 0.3) is 0 Å². The van der Waals surface area contributed by atoms with Crippen LogP contribution in [-0.4, -0.2) is 28.7 Å². The van der Waals surface area contributed by atoms with Crippen LogP contribution in [0.5, 0.6) is 0 Å². The first kappa shape index (κ1) is 21.4. The van der Waals surface area contributed by atoms with Crippen molar-refractivity contribution in [1.29, 1.82) is 0 Å². The van der Waals surface area contributed by atoms with Crippen molar-refractivity contribution in [3.8, 4) is 0 Å². The molecule has 0 unspecified atom stereocenters. The number of carbonyl (C=O) groups excluding carboxylic acids is 2. The van der Waals surface area contributed by atoms with E-state index in [9.17, 15) is 9.59 Å². The summed E-state index contributed by atoms with van der Waals surface area (Å²) in [5, 5.41) is 4.59. The zero-order valence-corrected chi connectivity index (χ0v) is 17.8. The highest BCUT2D eigenvalue weighted by atomic mass is 32.2. The predicted octanol–water partition coefficient (Wildman–Crippen LogP) is 4.88. The molecule has 1 amide bonds. The molecule has 1 heterocycles. The van der Waals surface area contributed by atoms with Crippen LogP contribution in [0.3, 0.4) is 0 Å². The van der Waals surface area contributed by atoms with Crippen molar-refractivity contribution < 1.29 is 14.3 Å². The zero-order chi connectivity index (χ0) is 19.8. The zero-order valence-electron chi connectivity index (χ0n) is 16.2. The lowest BCUT2D eigenvalue weighted by Gasteiger charge is -2.17. The fourth-order valence-electron chi connectivity index (χ4n) is 2.48. The summed E-state index contributed by atoms with van der Waals surface area (Å²) < 4.78 is 5.71. The predicted molar refractivity (Wildman–Crippen MR) is 112 cm³/mol. The minimum absolute atomic E-state index is 0.0575. The van der Waals surface area contributed by atoms with Crippen LogP contribution in [0.15, 0.2) is 34.0 Å². The topological polar surface area (TPSA) is 68.3 Å². The largest absolute Gasteiger partial charge is 0.466 e. The average molecular weight is 407 g/mol. The third-order valence-electron chi connectivity index (χ3n) is 4.17. The summed E-state index contributed by atoms with van der Waals surface area (Å²) in [6.45, 7) is 8.29. The first-order valence-electron chi connectivity index (χ1n) is 9.11. The average Bonchev–Trinajstić information content (AvgIpc) is 3.08. The molecule has 0 fully saturated rings. The van der Waals surface area contributed by atoms with Crippen LogP contribution >= 0.6 is 23.1 Å². The van der Waals surface area contributed by atoms with Crippen molar-refractivity contribution in [3.63, 3.8) is 0 Å². The van der Waals surface area contributed by atoms with Gasteiger partial charge in [-0.2, -0.15) is 0 Å². The number of amides is 1. The second-order valence-corrected chi connectivity index (χ2v) is 8.68. The summed E-state index contributed by atoms with van der Waals surface area (Å²) in [5.74, 6) is 0.0403. The van der Waals surface area contributed by atoms with E-state index in [1.807, 2.05) is 30.5 Å². The molecule has 0 aliphatic heterocycles. The maximum atomic E-state index is 12.6. The van der Waals surface area contributed by atoms with E-state index in [1.165, 1.54) is 23.1 Å². The SMILES string of the molecule is CCOC(=O)Cc1csc(S[C@@H](C)C(=O)Nc2ccccc2[C@H](C)CC)n1. The highest BCUT2D eigenvalue weighted by Gasteiger charge is 2.19. The number of ether oxygens (including phenoxy) is 1. The van der Waals surface area contributed by atoms with Gasteiger partial charge >= 0.3 is 5.97 Å². The van der Waals surface area contributed by atoms with E-state index in [2.05, 4.69) is 30.2 Å². The van der Waals surface area contributed by atoms with Gasteiger partial charge in [-0.3, -0.25) is 9.59 Å². The second-order valence-electron chi connectivity index (χ2n) is 6.23. The van der Waals surface area contributed by atoms with Crippen molar-refractivity contribution in [2.75, 3.05) is 11.9 Å². The number of esters is 1. The fraction of sp³-hybridized carbons (Fsp3) is 0.450. The third kappa shape index (κ3) is 6.36. The van der Waals surface area contributed by atoms with Crippen LogP contribution in [0, 0.1) is 0 Å². The summed E-state index contributed by atoms with van der Waals surface area (Å²) in [4.78, 5) is 28.6. The van der Waals surface area contributed by atoms with Crippen molar-refractivity contribution in [1.82, 2.24) is 4.98 Å². The molecule has 146 valence electrons. The van der Waals surface area contributed by atoms with Crippen LogP contribution in [0.25, 0.3) is 0 Å². The van der Waals surface area contributed by atoms with Gasteiger partial charge in [-0.05, 0) is 37.8 Å². The van der Waals surface area contributed by atoms with Crippen LogP contribution in [0.4, 0.5) is 5.69 Å². The molecule has 2 rings (SSSR count). The van der Waals surface area contributed by atoms with Crippen LogP contribution in [0.2, 0.25) is 0 Å². The number of hydrogen-bond acceptors (Lipinski definition) is 6. The number of carbonyl (C=O) groups is 2. The third-order valence-corrected chi connectivity index (χ3v) is 6.29. The van der Waals surface area contributed by atoms with Crippen LogP contribution < -0.4 is 5.32 Å². The molecular weight excluding hydrogens is 380 g/mol. The van der Waals surface area contributed by atoms with Crippen molar-refractivity contribution in [3.05, 3.63) is 40.9 Å². The van der Waals surface area contributed by atoms with E-state index >= 15 is 0 Å². The van der Waals surface area contributed by atoms with Gasteiger partial charge in [0, 0.05) is 11.1 Å². The Morgan fingerprint density at radius 3 is 2.70 bits per heavy atom. The number of nitrogens with zero attached hydrogens (tertiary/aromatic N) is 1. The van der Waals surface area contributed by atoms with Gasteiger partial charge in [0.1, 0.15) is 0 Å². The number of benzene rings is 1. The Morgan fingerprint density at radius 1 is 1.26 bits per heavy atom. The van der Waals surface area contributed by atoms with Gasteiger partial charge in [0.05, 0.1) is 24.0 Å². The standard InChI is InChI=1S/C20H26N2O3S2/c1-5-13(3)16-9-7-8-10-17(16)22-19(24)14(4)27-20-21-15(12-26-20)11-18(23)25-6-2/h7-10,12-14H,5-6,11H2,1-4H3,(H,22,24)/t13-,14+/m1/s1. The molecule has 27 heavy (non-hydrogen) atoms. The van der Waals surface area contributed by atoms with Gasteiger partial charge < -0.3 is 10.1 Å². The second kappa shape index (κ2) is 10.5. The van der Waals surface area contributed by atoms with E-state index < -0.39 is 0 Å². The van der Waals surface area contributed by atoms with Gasteiger partial charge in [0.15, 0.2) is 4.34 Å². The van der Waals surface area contributed by atoms with Gasteiger partial charge in [-0.1, -0.05) is 43.8 Å².